The van der Waals surface area contributed by atoms with Crippen LogP contribution in [0.2, 0.25) is 0 Å². The molecule has 1 unspecified atom stereocenters. The molecule has 0 saturated heterocycles. The SMILES string of the molecule is CCC(Sc1nc2ccccc2c(=O)n1C)C(=O)Nc1cccc(C)n1. The molecule has 3 rings (SSSR count). The highest BCUT2D eigenvalue weighted by molar-refractivity contribution is 8.00. The van der Waals surface area contributed by atoms with E-state index < -0.39 is 0 Å². The molecule has 1 N–H and O–H groups in total. The lowest BCUT2D eigenvalue weighted by molar-refractivity contribution is -0.115. The van der Waals surface area contributed by atoms with Gasteiger partial charge in [-0.05, 0) is 37.6 Å². The first kappa shape index (κ1) is 18.1. The van der Waals surface area contributed by atoms with E-state index in [1.807, 2.05) is 38.1 Å². The summed E-state index contributed by atoms with van der Waals surface area (Å²) < 4.78 is 1.49. The number of aryl methyl sites for hydroxylation is 1. The van der Waals surface area contributed by atoms with Crippen molar-refractivity contribution >= 4 is 34.4 Å². The lowest BCUT2D eigenvalue weighted by Gasteiger charge is -2.16. The monoisotopic (exact) mass is 368 g/mol. The Morgan fingerprint density at radius 2 is 1.96 bits per heavy atom. The summed E-state index contributed by atoms with van der Waals surface area (Å²) in [6.45, 7) is 3.80. The number of para-hydroxylation sites is 1. The molecule has 6 nitrogen and oxygen atoms in total. The molecule has 2 heterocycles. The Labute approximate surface area is 155 Å². The maximum absolute atomic E-state index is 12.6. The average Bonchev–Trinajstić information content (AvgIpc) is 2.63. The normalized spacial score (nSPS) is 12.1. The Bertz CT molecular complexity index is 1020. The molecule has 0 radical (unpaired) electrons. The highest BCUT2D eigenvalue weighted by Gasteiger charge is 2.21. The van der Waals surface area contributed by atoms with Gasteiger partial charge < -0.3 is 5.32 Å². The number of nitrogens with zero attached hydrogens (tertiary/aromatic N) is 3. The van der Waals surface area contributed by atoms with Crippen molar-refractivity contribution < 1.29 is 4.79 Å². The van der Waals surface area contributed by atoms with Crippen LogP contribution in [0.5, 0.6) is 0 Å². The van der Waals surface area contributed by atoms with E-state index in [2.05, 4.69) is 15.3 Å². The van der Waals surface area contributed by atoms with Gasteiger partial charge in [-0.15, -0.1) is 0 Å². The molecule has 1 aromatic carbocycles. The number of benzene rings is 1. The number of aromatic nitrogens is 3. The van der Waals surface area contributed by atoms with E-state index in [4.69, 9.17) is 0 Å². The third kappa shape index (κ3) is 3.77. The number of anilines is 1. The van der Waals surface area contributed by atoms with Gasteiger partial charge in [0.15, 0.2) is 5.16 Å². The molecule has 0 aliphatic heterocycles. The summed E-state index contributed by atoms with van der Waals surface area (Å²) in [4.78, 5) is 34.0. The zero-order chi connectivity index (χ0) is 18.7. The zero-order valence-corrected chi connectivity index (χ0v) is 15.7. The lowest BCUT2D eigenvalue weighted by Crippen LogP contribution is -2.27. The molecule has 0 aliphatic carbocycles. The summed E-state index contributed by atoms with van der Waals surface area (Å²) in [6.07, 6.45) is 0.602. The van der Waals surface area contributed by atoms with Crippen molar-refractivity contribution in [1.82, 2.24) is 14.5 Å². The van der Waals surface area contributed by atoms with Crippen molar-refractivity contribution in [2.75, 3.05) is 5.32 Å². The van der Waals surface area contributed by atoms with Gasteiger partial charge in [0.05, 0.1) is 16.2 Å². The number of nitrogens with one attached hydrogen (secondary N) is 1. The number of hydrogen-bond donors (Lipinski definition) is 1. The molecule has 0 fully saturated rings. The Balaban J connectivity index is 1.86. The third-order valence-corrected chi connectivity index (χ3v) is 5.40. The summed E-state index contributed by atoms with van der Waals surface area (Å²) in [7, 11) is 1.68. The fourth-order valence-electron chi connectivity index (χ4n) is 2.57. The van der Waals surface area contributed by atoms with Gasteiger partial charge in [0.25, 0.3) is 5.56 Å². The van der Waals surface area contributed by atoms with E-state index in [1.165, 1.54) is 16.3 Å². The van der Waals surface area contributed by atoms with Crippen LogP contribution in [0.15, 0.2) is 52.4 Å². The third-order valence-electron chi connectivity index (χ3n) is 3.99. The molecule has 26 heavy (non-hydrogen) atoms. The minimum atomic E-state index is -0.378. The van der Waals surface area contributed by atoms with Crippen LogP contribution >= 0.6 is 11.8 Å². The highest BCUT2D eigenvalue weighted by atomic mass is 32.2. The molecule has 2 aromatic heterocycles. The Morgan fingerprint density at radius 1 is 1.19 bits per heavy atom. The number of pyridine rings is 1. The molecule has 0 saturated carbocycles. The molecule has 1 amide bonds. The van der Waals surface area contributed by atoms with Crippen molar-refractivity contribution in [2.45, 2.75) is 30.7 Å². The van der Waals surface area contributed by atoms with Crippen molar-refractivity contribution in [1.29, 1.82) is 0 Å². The summed E-state index contributed by atoms with van der Waals surface area (Å²) in [5.41, 5.74) is 1.35. The first-order valence-corrected chi connectivity index (χ1v) is 9.24. The fourth-order valence-corrected chi connectivity index (χ4v) is 3.55. The summed E-state index contributed by atoms with van der Waals surface area (Å²) in [5.74, 6) is 0.368. The van der Waals surface area contributed by atoms with Gasteiger partial charge in [0.2, 0.25) is 5.91 Å². The fraction of sp³-hybridized carbons (Fsp3) is 0.263. The number of carbonyl (C=O) groups is 1. The maximum Gasteiger partial charge on any atom is 0.261 e. The number of thioether (sulfide) groups is 1. The number of amides is 1. The van der Waals surface area contributed by atoms with Crippen molar-refractivity contribution in [3.8, 4) is 0 Å². The van der Waals surface area contributed by atoms with E-state index in [1.54, 1.807) is 25.2 Å². The van der Waals surface area contributed by atoms with Crippen molar-refractivity contribution in [3.63, 3.8) is 0 Å². The van der Waals surface area contributed by atoms with E-state index in [0.29, 0.717) is 28.3 Å². The van der Waals surface area contributed by atoms with Crippen LogP contribution in [0, 0.1) is 6.92 Å². The average molecular weight is 368 g/mol. The largest absolute Gasteiger partial charge is 0.310 e. The van der Waals surface area contributed by atoms with Gasteiger partial charge in [0, 0.05) is 12.7 Å². The molecule has 134 valence electrons. The Kier molecular flexibility index (Phi) is 5.37. The minimum Gasteiger partial charge on any atom is -0.310 e. The molecular weight excluding hydrogens is 348 g/mol. The van der Waals surface area contributed by atoms with Crippen LogP contribution in [0.3, 0.4) is 0 Å². The first-order valence-electron chi connectivity index (χ1n) is 8.36. The second kappa shape index (κ2) is 7.70. The molecule has 3 aromatic rings. The van der Waals surface area contributed by atoms with E-state index in [9.17, 15) is 9.59 Å². The van der Waals surface area contributed by atoms with Gasteiger partial charge in [-0.1, -0.05) is 36.9 Å². The van der Waals surface area contributed by atoms with E-state index in [0.717, 1.165) is 5.69 Å². The van der Waals surface area contributed by atoms with E-state index in [-0.39, 0.29) is 16.7 Å². The van der Waals surface area contributed by atoms with Gasteiger partial charge in [-0.3, -0.25) is 14.2 Å². The Hall–Kier alpha value is -2.67. The number of carbonyl (C=O) groups excluding carboxylic acids is 1. The number of hydrogen-bond acceptors (Lipinski definition) is 5. The standard InChI is InChI=1S/C19H20N4O2S/c1-4-15(17(24)22-16-11-7-8-12(2)20-16)26-19-21-14-10-6-5-9-13(14)18(25)23(19)3/h5-11,15H,4H2,1-3H3,(H,20,22,24). The summed E-state index contributed by atoms with van der Waals surface area (Å²) in [5, 5.41) is 3.55. The van der Waals surface area contributed by atoms with Gasteiger partial charge in [-0.2, -0.15) is 0 Å². The quantitative estimate of drug-likeness (QED) is 0.553. The molecule has 7 heteroatoms. The van der Waals surface area contributed by atoms with Crippen LogP contribution in [-0.4, -0.2) is 25.7 Å². The van der Waals surface area contributed by atoms with Crippen molar-refractivity contribution in [3.05, 3.63) is 58.5 Å². The van der Waals surface area contributed by atoms with Crippen LogP contribution in [-0.2, 0) is 11.8 Å². The second-order valence-electron chi connectivity index (χ2n) is 5.94. The lowest BCUT2D eigenvalue weighted by atomic mass is 10.2. The predicted molar refractivity (Wildman–Crippen MR) is 105 cm³/mol. The molecular formula is C19H20N4O2S. The first-order chi connectivity index (χ1) is 12.5. The van der Waals surface area contributed by atoms with Gasteiger partial charge >= 0.3 is 0 Å². The smallest absolute Gasteiger partial charge is 0.261 e. The van der Waals surface area contributed by atoms with E-state index >= 15 is 0 Å². The van der Waals surface area contributed by atoms with Gasteiger partial charge in [-0.25, -0.2) is 9.97 Å². The predicted octanol–water partition coefficient (Wildman–Crippen LogP) is 3.15. The number of rotatable bonds is 5. The summed E-state index contributed by atoms with van der Waals surface area (Å²) >= 11 is 1.29. The van der Waals surface area contributed by atoms with Crippen molar-refractivity contribution in [2.24, 2.45) is 7.05 Å². The maximum atomic E-state index is 12.6. The minimum absolute atomic E-state index is 0.117. The van der Waals surface area contributed by atoms with Crippen LogP contribution < -0.4 is 10.9 Å². The highest BCUT2D eigenvalue weighted by Crippen LogP contribution is 2.25. The molecule has 0 aliphatic rings. The molecule has 0 spiro atoms. The Morgan fingerprint density at radius 3 is 2.69 bits per heavy atom. The molecule has 0 bridgehead atoms. The summed E-state index contributed by atoms with van der Waals surface area (Å²) in [6, 6.07) is 12.7. The second-order valence-corrected chi connectivity index (χ2v) is 7.11. The van der Waals surface area contributed by atoms with Crippen LogP contribution in [0.1, 0.15) is 19.0 Å². The topological polar surface area (TPSA) is 76.9 Å². The van der Waals surface area contributed by atoms with Crippen LogP contribution in [0.25, 0.3) is 10.9 Å². The number of fused-ring (bicyclic) bond motifs is 1. The molecule has 1 atom stereocenters. The zero-order valence-electron chi connectivity index (χ0n) is 14.9. The van der Waals surface area contributed by atoms with Gasteiger partial charge in [0.1, 0.15) is 5.82 Å². The van der Waals surface area contributed by atoms with Crippen LogP contribution in [0.4, 0.5) is 5.82 Å².